The molecule has 0 radical (unpaired) electrons. The lowest BCUT2D eigenvalue weighted by Gasteiger charge is -2.12. The van der Waals surface area contributed by atoms with Gasteiger partial charge in [0.25, 0.3) is 11.8 Å². The quantitative estimate of drug-likeness (QED) is 0.654. The number of amides is 2. The highest BCUT2D eigenvalue weighted by molar-refractivity contribution is 6.03. The van der Waals surface area contributed by atoms with Gasteiger partial charge in [-0.15, -0.1) is 5.06 Å². The van der Waals surface area contributed by atoms with Crippen LogP contribution in [0.25, 0.3) is 0 Å². The molecule has 0 bridgehead atoms. The number of carbonyl (C=O) groups is 3. The minimum atomic E-state index is -0.532. The number of rotatable bonds is 4. The average molecular weight is 213 g/mol. The smallest absolute Gasteiger partial charge is 0.330 e. The highest BCUT2D eigenvalue weighted by Crippen LogP contribution is 2.22. The maximum Gasteiger partial charge on any atom is 0.333 e. The van der Waals surface area contributed by atoms with Crippen molar-refractivity contribution in [3.63, 3.8) is 0 Å². The number of imide groups is 1. The van der Waals surface area contributed by atoms with Crippen molar-refractivity contribution in [2.75, 3.05) is 0 Å². The summed E-state index contributed by atoms with van der Waals surface area (Å²) >= 11 is 0. The van der Waals surface area contributed by atoms with Gasteiger partial charge in [0, 0.05) is 12.8 Å². The van der Waals surface area contributed by atoms with E-state index in [0.29, 0.717) is 17.9 Å². The van der Waals surface area contributed by atoms with E-state index in [1.165, 1.54) is 0 Å². The second-order valence-corrected chi connectivity index (χ2v) is 3.55. The lowest BCUT2D eigenvalue weighted by molar-refractivity contribution is -0.198. The van der Waals surface area contributed by atoms with E-state index in [2.05, 4.69) is 0 Å². The third-order valence-electron chi connectivity index (χ3n) is 2.34. The van der Waals surface area contributed by atoms with Crippen molar-refractivity contribution in [1.29, 1.82) is 0 Å². The summed E-state index contributed by atoms with van der Waals surface area (Å²) in [5.74, 6) is -1.67. The maximum absolute atomic E-state index is 11.5. The van der Waals surface area contributed by atoms with Crippen molar-refractivity contribution in [2.45, 2.75) is 39.5 Å². The Kier molecular flexibility index (Phi) is 3.82. The average Bonchev–Trinajstić information content (AvgIpc) is 2.45. The Labute approximate surface area is 88.3 Å². The van der Waals surface area contributed by atoms with E-state index in [1.54, 1.807) is 0 Å². The number of nitrogens with zero attached hydrogens (tertiary/aromatic N) is 1. The SMILES string of the molecule is CCCC(=O)ON1C(=O)CC(CC)C1=O. The minimum Gasteiger partial charge on any atom is -0.330 e. The normalized spacial score (nSPS) is 20.9. The zero-order valence-corrected chi connectivity index (χ0v) is 8.99. The largest absolute Gasteiger partial charge is 0.333 e. The molecule has 1 rings (SSSR count). The Bertz CT molecular complexity index is 287. The molecule has 84 valence electrons. The number of hydrogen-bond donors (Lipinski definition) is 0. The molecule has 0 N–H and O–H groups in total. The lowest BCUT2D eigenvalue weighted by atomic mass is 10.1. The molecular weight excluding hydrogens is 198 g/mol. The van der Waals surface area contributed by atoms with E-state index in [4.69, 9.17) is 4.84 Å². The van der Waals surface area contributed by atoms with Gasteiger partial charge < -0.3 is 4.84 Å². The van der Waals surface area contributed by atoms with Crippen LogP contribution < -0.4 is 0 Å². The van der Waals surface area contributed by atoms with Crippen LogP contribution in [0.5, 0.6) is 0 Å². The van der Waals surface area contributed by atoms with Gasteiger partial charge in [0.05, 0.1) is 5.92 Å². The van der Waals surface area contributed by atoms with Gasteiger partial charge in [0.1, 0.15) is 0 Å². The second kappa shape index (κ2) is 4.91. The van der Waals surface area contributed by atoms with Crippen LogP contribution in [0, 0.1) is 5.92 Å². The molecular formula is C10H15NO4. The summed E-state index contributed by atoms with van der Waals surface area (Å²) in [6, 6.07) is 0. The fourth-order valence-corrected chi connectivity index (χ4v) is 1.44. The third-order valence-corrected chi connectivity index (χ3v) is 2.34. The molecule has 1 heterocycles. The standard InChI is InChI=1S/C10H15NO4/c1-3-5-9(13)15-11-8(12)6-7(4-2)10(11)14/h7H,3-6H2,1-2H3. The monoisotopic (exact) mass is 213 g/mol. The first-order chi connectivity index (χ1) is 7.10. The van der Waals surface area contributed by atoms with Gasteiger partial charge in [0.2, 0.25) is 0 Å². The number of carbonyl (C=O) groups excluding carboxylic acids is 3. The fraction of sp³-hybridized carbons (Fsp3) is 0.700. The van der Waals surface area contributed by atoms with E-state index < -0.39 is 17.8 Å². The molecule has 0 aromatic heterocycles. The minimum absolute atomic E-state index is 0.148. The highest BCUT2D eigenvalue weighted by atomic mass is 16.7. The maximum atomic E-state index is 11.5. The van der Waals surface area contributed by atoms with Crippen LogP contribution in [0.1, 0.15) is 39.5 Å². The van der Waals surface area contributed by atoms with Crippen LogP contribution in [0.2, 0.25) is 0 Å². The predicted molar refractivity (Wildman–Crippen MR) is 51.3 cm³/mol. The molecule has 0 aromatic carbocycles. The second-order valence-electron chi connectivity index (χ2n) is 3.55. The number of hydroxylamine groups is 2. The third kappa shape index (κ3) is 2.55. The highest BCUT2D eigenvalue weighted by Gasteiger charge is 2.40. The molecule has 1 aliphatic heterocycles. The summed E-state index contributed by atoms with van der Waals surface area (Å²) in [7, 11) is 0. The van der Waals surface area contributed by atoms with Gasteiger partial charge in [0.15, 0.2) is 0 Å². The Balaban J connectivity index is 2.59. The molecule has 5 nitrogen and oxygen atoms in total. The summed E-state index contributed by atoms with van der Waals surface area (Å²) in [6.07, 6.45) is 1.58. The first-order valence-corrected chi connectivity index (χ1v) is 5.17. The summed E-state index contributed by atoms with van der Waals surface area (Å²) in [5, 5.41) is 0.617. The zero-order valence-electron chi connectivity index (χ0n) is 8.99. The van der Waals surface area contributed by atoms with Crippen molar-refractivity contribution < 1.29 is 19.2 Å². The molecule has 0 aromatic rings. The van der Waals surface area contributed by atoms with Crippen LogP contribution in [-0.2, 0) is 19.2 Å². The van der Waals surface area contributed by atoms with E-state index in [-0.39, 0.29) is 18.8 Å². The summed E-state index contributed by atoms with van der Waals surface area (Å²) in [6.45, 7) is 3.65. The fourth-order valence-electron chi connectivity index (χ4n) is 1.44. The molecule has 2 amide bonds. The van der Waals surface area contributed by atoms with E-state index in [9.17, 15) is 14.4 Å². The van der Waals surface area contributed by atoms with E-state index in [1.807, 2.05) is 13.8 Å². The molecule has 5 heteroatoms. The van der Waals surface area contributed by atoms with Crippen LogP contribution in [0.4, 0.5) is 0 Å². The van der Waals surface area contributed by atoms with Gasteiger partial charge in [-0.3, -0.25) is 9.59 Å². The van der Waals surface area contributed by atoms with Crippen LogP contribution in [-0.4, -0.2) is 22.8 Å². The summed E-state index contributed by atoms with van der Waals surface area (Å²) in [4.78, 5) is 38.7. The van der Waals surface area contributed by atoms with E-state index >= 15 is 0 Å². The first-order valence-electron chi connectivity index (χ1n) is 5.17. The first kappa shape index (κ1) is 11.7. The van der Waals surface area contributed by atoms with Crippen molar-refractivity contribution in [2.24, 2.45) is 5.92 Å². The summed E-state index contributed by atoms with van der Waals surface area (Å²) < 4.78 is 0. The Morgan fingerprint density at radius 3 is 2.60 bits per heavy atom. The van der Waals surface area contributed by atoms with Gasteiger partial charge in [-0.05, 0) is 12.8 Å². The Morgan fingerprint density at radius 2 is 2.13 bits per heavy atom. The number of hydrogen-bond acceptors (Lipinski definition) is 4. The van der Waals surface area contributed by atoms with Crippen LogP contribution in [0.15, 0.2) is 0 Å². The molecule has 15 heavy (non-hydrogen) atoms. The summed E-state index contributed by atoms with van der Waals surface area (Å²) in [5.41, 5.74) is 0. The lowest BCUT2D eigenvalue weighted by Crippen LogP contribution is -2.33. The van der Waals surface area contributed by atoms with Crippen LogP contribution in [0.3, 0.4) is 0 Å². The predicted octanol–water partition coefficient (Wildman–Crippen LogP) is 1.03. The Hall–Kier alpha value is -1.39. The van der Waals surface area contributed by atoms with E-state index in [0.717, 1.165) is 0 Å². The molecule has 1 fully saturated rings. The molecule has 0 spiro atoms. The molecule has 1 unspecified atom stereocenters. The van der Waals surface area contributed by atoms with Crippen molar-refractivity contribution >= 4 is 17.8 Å². The van der Waals surface area contributed by atoms with Crippen LogP contribution >= 0.6 is 0 Å². The van der Waals surface area contributed by atoms with Gasteiger partial charge in [-0.25, -0.2) is 4.79 Å². The van der Waals surface area contributed by atoms with Gasteiger partial charge in [-0.1, -0.05) is 13.8 Å². The molecule has 1 saturated heterocycles. The van der Waals surface area contributed by atoms with Gasteiger partial charge in [-0.2, -0.15) is 0 Å². The topological polar surface area (TPSA) is 63.7 Å². The molecule has 0 aliphatic carbocycles. The van der Waals surface area contributed by atoms with Gasteiger partial charge >= 0.3 is 5.97 Å². The van der Waals surface area contributed by atoms with Crippen molar-refractivity contribution in [3.8, 4) is 0 Å². The molecule has 1 aliphatic rings. The van der Waals surface area contributed by atoms with Crippen molar-refractivity contribution in [1.82, 2.24) is 5.06 Å². The Morgan fingerprint density at radius 1 is 1.47 bits per heavy atom. The van der Waals surface area contributed by atoms with Crippen molar-refractivity contribution in [3.05, 3.63) is 0 Å². The molecule has 1 atom stereocenters. The zero-order chi connectivity index (χ0) is 11.4. The molecule has 0 saturated carbocycles.